The summed E-state index contributed by atoms with van der Waals surface area (Å²) in [6.07, 6.45) is 0.631. The molecular weight excluding hydrogens is 290 g/mol. The monoisotopic (exact) mass is 311 g/mol. The Labute approximate surface area is 125 Å². The number of nitrogens with one attached hydrogen (secondary N) is 2. The Morgan fingerprint density at radius 2 is 2.10 bits per heavy atom. The predicted octanol–water partition coefficient (Wildman–Crippen LogP) is 0.547. The Morgan fingerprint density at radius 3 is 2.62 bits per heavy atom. The number of hydrogen-bond donors (Lipinski definition) is 2. The molecule has 1 aliphatic rings. The van der Waals surface area contributed by atoms with Crippen molar-refractivity contribution in [1.82, 2.24) is 10.6 Å². The normalized spacial score (nSPS) is 21.0. The summed E-state index contributed by atoms with van der Waals surface area (Å²) in [5.74, 6) is 1.86. The first-order valence-electron chi connectivity index (χ1n) is 6.83. The van der Waals surface area contributed by atoms with E-state index in [1.807, 2.05) is 24.3 Å². The molecule has 21 heavy (non-hydrogen) atoms. The fourth-order valence-electron chi connectivity index (χ4n) is 2.23. The minimum atomic E-state index is -2.88. The zero-order valence-corrected chi connectivity index (χ0v) is 13.1. The van der Waals surface area contributed by atoms with Crippen LogP contribution < -0.4 is 15.4 Å². The Kier molecular flexibility index (Phi) is 5.06. The van der Waals surface area contributed by atoms with Crippen LogP contribution in [0.15, 0.2) is 29.3 Å². The molecule has 0 aliphatic carbocycles. The quantitative estimate of drug-likeness (QED) is 0.627. The second-order valence-corrected chi connectivity index (χ2v) is 7.25. The zero-order chi connectivity index (χ0) is 15.3. The van der Waals surface area contributed by atoms with Crippen molar-refractivity contribution >= 4 is 15.8 Å². The van der Waals surface area contributed by atoms with Gasteiger partial charge in [0.1, 0.15) is 5.75 Å². The zero-order valence-electron chi connectivity index (χ0n) is 12.3. The van der Waals surface area contributed by atoms with Gasteiger partial charge in [0.15, 0.2) is 15.8 Å². The van der Waals surface area contributed by atoms with Crippen molar-refractivity contribution in [1.29, 1.82) is 0 Å². The Hall–Kier alpha value is -1.76. The summed E-state index contributed by atoms with van der Waals surface area (Å²) in [7, 11) is 0.424. The van der Waals surface area contributed by atoms with E-state index >= 15 is 0 Å². The standard InChI is InChI=1S/C14H21N3O3S/c1-15-14(17-12-7-8-21(18,19)10-12)16-9-11-3-5-13(20-2)6-4-11/h3-6,12H,7-10H2,1-2H3,(H2,15,16,17). The smallest absolute Gasteiger partial charge is 0.191 e. The molecule has 1 aromatic rings. The van der Waals surface area contributed by atoms with Gasteiger partial charge in [-0.3, -0.25) is 4.99 Å². The van der Waals surface area contributed by atoms with Crippen molar-refractivity contribution < 1.29 is 13.2 Å². The summed E-state index contributed by atoms with van der Waals surface area (Å²) >= 11 is 0. The molecule has 1 fully saturated rings. The average Bonchev–Trinajstić information content (AvgIpc) is 2.83. The molecule has 0 radical (unpaired) electrons. The molecule has 1 aliphatic heterocycles. The molecule has 1 atom stereocenters. The minimum Gasteiger partial charge on any atom is -0.497 e. The van der Waals surface area contributed by atoms with Gasteiger partial charge in [-0.15, -0.1) is 0 Å². The molecule has 2 rings (SSSR count). The van der Waals surface area contributed by atoms with Crippen molar-refractivity contribution in [2.24, 2.45) is 4.99 Å². The van der Waals surface area contributed by atoms with Crippen LogP contribution in [0.4, 0.5) is 0 Å². The molecular formula is C14H21N3O3S. The van der Waals surface area contributed by atoms with Gasteiger partial charge >= 0.3 is 0 Å². The summed E-state index contributed by atoms with van der Waals surface area (Å²) in [4.78, 5) is 4.12. The van der Waals surface area contributed by atoms with Crippen LogP contribution in [0.3, 0.4) is 0 Å². The Bertz CT molecular complexity index is 596. The molecule has 0 saturated carbocycles. The van der Waals surface area contributed by atoms with E-state index in [1.165, 1.54) is 0 Å². The van der Waals surface area contributed by atoms with Crippen molar-refractivity contribution in [2.75, 3.05) is 25.7 Å². The van der Waals surface area contributed by atoms with Crippen LogP contribution in [0.2, 0.25) is 0 Å². The first-order valence-corrected chi connectivity index (χ1v) is 8.65. The van der Waals surface area contributed by atoms with E-state index in [2.05, 4.69) is 15.6 Å². The van der Waals surface area contributed by atoms with E-state index in [0.717, 1.165) is 11.3 Å². The van der Waals surface area contributed by atoms with Gasteiger partial charge in [0, 0.05) is 19.6 Å². The number of sulfone groups is 1. The molecule has 1 aromatic carbocycles. The molecule has 1 unspecified atom stereocenters. The molecule has 0 bridgehead atoms. The third kappa shape index (κ3) is 4.63. The van der Waals surface area contributed by atoms with Crippen LogP contribution >= 0.6 is 0 Å². The van der Waals surface area contributed by atoms with Crippen LogP contribution in [0, 0.1) is 0 Å². The van der Waals surface area contributed by atoms with Crippen molar-refractivity contribution in [2.45, 2.75) is 19.0 Å². The lowest BCUT2D eigenvalue weighted by atomic mass is 10.2. The molecule has 116 valence electrons. The largest absolute Gasteiger partial charge is 0.497 e. The van der Waals surface area contributed by atoms with E-state index < -0.39 is 9.84 Å². The maximum absolute atomic E-state index is 11.4. The lowest BCUT2D eigenvalue weighted by Crippen LogP contribution is -2.43. The molecule has 7 heteroatoms. The number of guanidine groups is 1. The predicted molar refractivity (Wildman–Crippen MR) is 83.4 cm³/mol. The average molecular weight is 311 g/mol. The van der Waals surface area contributed by atoms with Crippen LogP contribution in [0.25, 0.3) is 0 Å². The third-order valence-corrected chi connectivity index (χ3v) is 5.18. The van der Waals surface area contributed by atoms with Crippen molar-refractivity contribution in [3.63, 3.8) is 0 Å². The number of rotatable bonds is 4. The van der Waals surface area contributed by atoms with Gasteiger partial charge in [-0.25, -0.2) is 8.42 Å². The molecule has 1 heterocycles. The van der Waals surface area contributed by atoms with E-state index in [4.69, 9.17) is 4.74 Å². The van der Waals surface area contributed by atoms with E-state index in [0.29, 0.717) is 18.9 Å². The Morgan fingerprint density at radius 1 is 1.38 bits per heavy atom. The highest BCUT2D eigenvalue weighted by molar-refractivity contribution is 7.91. The van der Waals surface area contributed by atoms with Gasteiger partial charge in [0.2, 0.25) is 0 Å². The highest BCUT2D eigenvalue weighted by atomic mass is 32.2. The fourth-order valence-corrected chi connectivity index (χ4v) is 3.90. The van der Waals surface area contributed by atoms with Crippen LogP contribution in [0.5, 0.6) is 5.75 Å². The SMILES string of the molecule is CN=C(NCc1ccc(OC)cc1)NC1CCS(=O)(=O)C1. The number of methoxy groups -OCH3 is 1. The fraction of sp³-hybridized carbons (Fsp3) is 0.500. The van der Waals surface area contributed by atoms with Gasteiger partial charge in [0.25, 0.3) is 0 Å². The van der Waals surface area contributed by atoms with Crippen LogP contribution in [-0.4, -0.2) is 46.1 Å². The first kappa shape index (κ1) is 15.6. The third-order valence-electron chi connectivity index (χ3n) is 3.42. The first-order chi connectivity index (χ1) is 10.0. The van der Waals surface area contributed by atoms with Crippen LogP contribution in [0.1, 0.15) is 12.0 Å². The van der Waals surface area contributed by atoms with E-state index in [-0.39, 0.29) is 17.5 Å². The van der Waals surface area contributed by atoms with E-state index in [9.17, 15) is 8.42 Å². The van der Waals surface area contributed by atoms with Gasteiger partial charge in [-0.1, -0.05) is 12.1 Å². The second kappa shape index (κ2) is 6.80. The molecule has 6 nitrogen and oxygen atoms in total. The number of aliphatic imine (C=N–C) groups is 1. The maximum atomic E-state index is 11.4. The summed E-state index contributed by atoms with van der Waals surface area (Å²) in [5.41, 5.74) is 1.10. The maximum Gasteiger partial charge on any atom is 0.191 e. The second-order valence-electron chi connectivity index (χ2n) is 5.02. The van der Waals surface area contributed by atoms with Gasteiger partial charge < -0.3 is 15.4 Å². The highest BCUT2D eigenvalue weighted by Gasteiger charge is 2.28. The summed E-state index contributed by atoms with van der Waals surface area (Å²) in [5, 5.41) is 6.33. The number of hydrogen-bond acceptors (Lipinski definition) is 4. The topological polar surface area (TPSA) is 79.8 Å². The molecule has 1 saturated heterocycles. The van der Waals surface area contributed by atoms with Gasteiger partial charge in [0.05, 0.1) is 18.6 Å². The molecule has 0 amide bonds. The minimum absolute atomic E-state index is 0.0583. The summed E-state index contributed by atoms with van der Waals surface area (Å²) in [6, 6.07) is 7.68. The lowest BCUT2D eigenvalue weighted by molar-refractivity contribution is 0.414. The molecule has 2 N–H and O–H groups in total. The van der Waals surface area contributed by atoms with Gasteiger partial charge in [-0.05, 0) is 24.1 Å². The van der Waals surface area contributed by atoms with Crippen molar-refractivity contribution in [3.8, 4) is 5.75 Å². The van der Waals surface area contributed by atoms with Crippen LogP contribution in [-0.2, 0) is 16.4 Å². The molecule has 0 spiro atoms. The van der Waals surface area contributed by atoms with Gasteiger partial charge in [-0.2, -0.15) is 0 Å². The number of nitrogens with zero attached hydrogens (tertiary/aromatic N) is 1. The Balaban J connectivity index is 1.85. The summed E-state index contributed by atoms with van der Waals surface area (Å²) < 4.78 is 28.0. The molecule has 0 aromatic heterocycles. The number of benzene rings is 1. The number of ether oxygens (including phenoxy) is 1. The summed E-state index contributed by atoms with van der Waals surface area (Å²) in [6.45, 7) is 0.614. The van der Waals surface area contributed by atoms with Crippen molar-refractivity contribution in [3.05, 3.63) is 29.8 Å². The van der Waals surface area contributed by atoms with E-state index in [1.54, 1.807) is 14.2 Å². The lowest BCUT2D eigenvalue weighted by Gasteiger charge is -2.16. The highest BCUT2D eigenvalue weighted by Crippen LogP contribution is 2.12.